The van der Waals surface area contributed by atoms with Gasteiger partial charge in [0, 0.05) is 5.69 Å². The second-order valence-electron chi connectivity index (χ2n) is 3.33. The molecule has 0 saturated carbocycles. The van der Waals surface area contributed by atoms with Gasteiger partial charge in [-0.05, 0) is 17.7 Å². The van der Waals surface area contributed by atoms with Crippen LogP contribution >= 0.6 is 0 Å². The fourth-order valence-corrected chi connectivity index (χ4v) is 1.27. The third-order valence-corrected chi connectivity index (χ3v) is 2.07. The molecule has 0 radical (unpaired) electrons. The van der Waals surface area contributed by atoms with Gasteiger partial charge in [-0.1, -0.05) is 12.1 Å². The van der Waals surface area contributed by atoms with Gasteiger partial charge in [0.25, 0.3) is 6.47 Å². The lowest BCUT2D eigenvalue weighted by molar-refractivity contribution is -0.138. The van der Waals surface area contributed by atoms with E-state index in [1.54, 1.807) is 24.3 Å². The van der Waals surface area contributed by atoms with Crippen LogP contribution in [0.5, 0.6) is 0 Å². The van der Waals surface area contributed by atoms with Crippen LogP contribution in [0.2, 0.25) is 0 Å². The summed E-state index contributed by atoms with van der Waals surface area (Å²) in [5, 5.41) is 20.3. The number of anilines is 1. The molecule has 17 heavy (non-hydrogen) atoms. The van der Waals surface area contributed by atoms with Crippen molar-refractivity contribution in [1.82, 2.24) is 0 Å². The van der Waals surface area contributed by atoms with Crippen molar-refractivity contribution in [2.24, 2.45) is 0 Å². The van der Waals surface area contributed by atoms with Gasteiger partial charge >= 0.3 is 5.97 Å². The van der Waals surface area contributed by atoms with Crippen molar-refractivity contribution < 1.29 is 24.5 Å². The van der Waals surface area contributed by atoms with Gasteiger partial charge in [-0.15, -0.1) is 0 Å². The van der Waals surface area contributed by atoms with Gasteiger partial charge in [0.15, 0.2) is 0 Å². The van der Waals surface area contributed by atoms with E-state index >= 15 is 0 Å². The second-order valence-corrected chi connectivity index (χ2v) is 3.33. The van der Waals surface area contributed by atoms with Crippen molar-refractivity contribution in [1.29, 1.82) is 0 Å². The first-order valence-electron chi connectivity index (χ1n) is 4.91. The van der Waals surface area contributed by atoms with Crippen molar-refractivity contribution >= 4 is 18.1 Å². The van der Waals surface area contributed by atoms with Gasteiger partial charge in [-0.25, -0.2) is 4.79 Å². The number of aliphatic carboxylic acids is 1. The molecule has 6 heteroatoms. The van der Waals surface area contributed by atoms with Crippen LogP contribution in [0, 0.1) is 0 Å². The number of hydrogen-bond acceptors (Lipinski definition) is 5. The predicted molar refractivity (Wildman–Crippen MR) is 59.4 cm³/mol. The van der Waals surface area contributed by atoms with Crippen LogP contribution in [0.15, 0.2) is 24.3 Å². The first-order valence-corrected chi connectivity index (χ1v) is 4.91. The summed E-state index contributed by atoms with van der Waals surface area (Å²) in [6.07, 6.45) is 0. The first-order chi connectivity index (χ1) is 8.17. The molecule has 1 aromatic rings. The zero-order chi connectivity index (χ0) is 12.7. The number of hydrogen-bond donors (Lipinski definition) is 3. The van der Waals surface area contributed by atoms with Crippen molar-refractivity contribution in [3.8, 4) is 0 Å². The van der Waals surface area contributed by atoms with Gasteiger partial charge in [0.2, 0.25) is 0 Å². The fourth-order valence-electron chi connectivity index (χ4n) is 1.27. The number of carboxylic acid groups (broad SMARTS) is 1. The molecule has 0 unspecified atom stereocenters. The van der Waals surface area contributed by atoms with Crippen LogP contribution in [0.1, 0.15) is 5.56 Å². The summed E-state index contributed by atoms with van der Waals surface area (Å²) in [6, 6.07) is 5.69. The number of ether oxygens (including phenoxy) is 1. The standard InChI is InChI=1S/C11H13NO5/c13-5-10(11(15)16)12-9-3-1-2-8(4-9)6-17-7-14/h1-4,7,10,12-13H,5-6H2,(H,15,16)/t10-/m0/s1. The molecule has 0 amide bonds. The molecule has 3 N–H and O–H groups in total. The summed E-state index contributed by atoms with van der Waals surface area (Å²) in [5.74, 6) is -1.14. The van der Waals surface area contributed by atoms with Crippen LogP contribution < -0.4 is 5.32 Å². The molecule has 6 nitrogen and oxygen atoms in total. The number of carboxylic acids is 1. The molecular weight excluding hydrogens is 226 g/mol. The van der Waals surface area contributed by atoms with Gasteiger partial charge in [-0.2, -0.15) is 0 Å². The fraction of sp³-hybridized carbons (Fsp3) is 0.273. The molecule has 1 rings (SSSR count). The highest BCUT2D eigenvalue weighted by Crippen LogP contribution is 2.12. The van der Waals surface area contributed by atoms with E-state index in [0.29, 0.717) is 12.2 Å². The van der Waals surface area contributed by atoms with E-state index in [0.717, 1.165) is 5.56 Å². The number of aliphatic hydroxyl groups is 1. The largest absolute Gasteiger partial charge is 0.480 e. The zero-order valence-corrected chi connectivity index (χ0v) is 9.00. The number of carbonyl (C=O) groups is 2. The predicted octanol–water partition coefficient (Wildman–Crippen LogP) is 0.217. The minimum atomic E-state index is -1.14. The van der Waals surface area contributed by atoms with Crippen LogP contribution in [0.25, 0.3) is 0 Å². The second kappa shape index (κ2) is 6.49. The minimum absolute atomic E-state index is 0.121. The monoisotopic (exact) mass is 239 g/mol. The maximum atomic E-state index is 10.7. The van der Waals surface area contributed by atoms with E-state index in [-0.39, 0.29) is 6.61 Å². The van der Waals surface area contributed by atoms with Gasteiger partial charge in [0.1, 0.15) is 12.6 Å². The highest BCUT2D eigenvalue weighted by Gasteiger charge is 2.15. The Morgan fingerprint density at radius 2 is 2.29 bits per heavy atom. The third kappa shape index (κ3) is 4.12. The van der Waals surface area contributed by atoms with E-state index in [9.17, 15) is 9.59 Å². The third-order valence-electron chi connectivity index (χ3n) is 2.07. The average molecular weight is 239 g/mol. The van der Waals surface area contributed by atoms with Crippen molar-refractivity contribution in [3.05, 3.63) is 29.8 Å². The summed E-state index contributed by atoms with van der Waals surface area (Å²) in [4.78, 5) is 20.7. The summed E-state index contributed by atoms with van der Waals surface area (Å²) in [7, 11) is 0. The molecule has 0 spiro atoms. The molecule has 0 saturated heterocycles. The summed E-state index contributed by atoms with van der Waals surface area (Å²) >= 11 is 0. The van der Waals surface area contributed by atoms with Crippen LogP contribution in [-0.2, 0) is 20.9 Å². The highest BCUT2D eigenvalue weighted by atomic mass is 16.5. The lowest BCUT2D eigenvalue weighted by Crippen LogP contribution is -2.32. The average Bonchev–Trinajstić information content (AvgIpc) is 2.33. The summed E-state index contributed by atoms with van der Waals surface area (Å²) in [5.41, 5.74) is 1.27. The van der Waals surface area contributed by atoms with Crippen molar-refractivity contribution in [2.75, 3.05) is 11.9 Å². The Morgan fingerprint density at radius 1 is 1.53 bits per heavy atom. The van der Waals surface area contributed by atoms with Gasteiger partial charge < -0.3 is 20.3 Å². The Kier molecular flexibility index (Phi) is 4.96. The van der Waals surface area contributed by atoms with Gasteiger partial charge in [-0.3, -0.25) is 4.79 Å². The Hall–Kier alpha value is -2.08. The number of carbonyl (C=O) groups excluding carboxylic acids is 1. The summed E-state index contributed by atoms with van der Waals surface area (Å²) in [6.45, 7) is -0.0475. The molecule has 1 atom stereocenters. The number of rotatable bonds is 7. The Labute approximate surface area is 97.8 Å². The smallest absolute Gasteiger partial charge is 0.328 e. The molecular formula is C11H13NO5. The van der Waals surface area contributed by atoms with Gasteiger partial charge in [0.05, 0.1) is 6.61 Å². The van der Waals surface area contributed by atoms with E-state index in [1.165, 1.54) is 0 Å². The first kappa shape index (κ1) is 13.0. The molecule has 0 aliphatic heterocycles. The van der Waals surface area contributed by atoms with E-state index in [1.807, 2.05) is 0 Å². The topological polar surface area (TPSA) is 95.9 Å². The zero-order valence-electron chi connectivity index (χ0n) is 9.00. The normalized spacial score (nSPS) is 11.6. The SMILES string of the molecule is O=COCc1cccc(N[C@@H](CO)C(=O)O)c1. The molecule has 92 valence electrons. The lowest BCUT2D eigenvalue weighted by atomic mass is 10.2. The molecule has 0 heterocycles. The maximum absolute atomic E-state index is 10.7. The van der Waals surface area contributed by atoms with Crippen LogP contribution in [-0.4, -0.2) is 35.3 Å². The Morgan fingerprint density at radius 3 is 2.88 bits per heavy atom. The molecule has 0 aliphatic carbocycles. The molecule has 0 fully saturated rings. The van der Waals surface area contributed by atoms with Crippen molar-refractivity contribution in [2.45, 2.75) is 12.6 Å². The maximum Gasteiger partial charge on any atom is 0.328 e. The number of nitrogens with one attached hydrogen (secondary N) is 1. The molecule has 0 aromatic heterocycles. The van der Waals surface area contributed by atoms with E-state index in [2.05, 4.69) is 10.1 Å². The number of benzene rings is 1. The van der Waals surface area contributed by atoms with E-state index < -0.39 is 18.6 Å². The van der Waals surface area contributed by atoms with Crippen molar-refractivity contribution in [3.63, 3.8) is 0 Å². The summed E-state index contributed by atoms with van der Waals surface area (Å²) < 4.78 is 4.58. The Balaban J connectivity index is 2.70. The molecule has 0 bridgehead atoms. The molecule has 1 aromatic carbocycles. The van der Waals surface area contributed by atoms with E-state index in [4.69, 9.17) is 10.2 Å². The van der Waals surface area contributed by atoms with Crippen LogP contribution in [0.4, 0.5) is 5.69 Å². The minimum Gasteiger partial charge on any atom is -0.480 e. The highest BCUT2D eigenvalue weighted by molar-refractivity contribution is 5.77. The Bertz CT molecular complexity index is 393. The lowest BCUT2D eigenvalue weighted by Gasteiger charge is -2.13. The molecule has 0 aliphatic rings. The van der Waals surface area contributed by atoms with Crippen LogP contribution in [0.3, 0.4) is 0 Å². The number of aliphatic hydroxyl groups excluding tert-OH is 1. The quantitative estimate of drug-likeness (QED) is 0.589.